The van der Waals surface area contributed by atoms with Crippen molar-refractivity contribution in [2.24, 2.45) is 0 Å². The molecule has 0 aliphatic heterocycles. The Balaban J connectivity index is 1.56. The van der Waals surface area contributed by atoms with E-state index in [1.54, 1.807) is 80.6 Å². The van der Waals surface area contributed by atoms with Gasteiger partial charge in [-0.3, -0.25) is 19.8 Å². The first kappa shape index (κ1) is 27.0. The number of aromatic amines is 2. The molecule has 0 amide bonds. The van der Waals surface area contributed by atoms with Gasteiger partial charge >= 0.3 is 0 Å². The quantitative estimate of drug-likeness (QED) is 0.212. The maximum atomic E-state index is 14.0. The molecule has 3 aromatic carbocycles. The zero-order valence-corrected chi connectivity index (χ0v) is 24.1. The van der Waals surface area contributed by atoms with Crippen molar-refractivity contribution >= 4 is 34.8 Å². The van der Waals surface area contributed by atoms with Crippen molar-refractivity contribution in [3.63, 3.8) is 0 Å². The zero-order chi connectivity index (χ0) is 28.8. The van der Waals surface area contributed by atoms with E-state index in [4.69, 9.17) is 39.3 Å². The standard InChI is InChI=1S/C30H22Cl3N5O3/c1-16-26(29(39)37(34-16)22-11-7-20(32)8-12-22)28(25-15-24(36-41-25)18-3-5-19(31)6-4-18)27-17(2)35-38(30(27)40)23-13-9-21(33)10-14-23/h3-15,28,34-35H,1-2H3. The molecule has 3 heterocycles. The van der Waals surface area contributed by atoms with Gasteiger partial charge in [-0.1, -0.05) is 52.1 Å². The average molecular weight is 607 g/mol. The van der Waals surface area contributed by atoms with E-state index in [2.05, 4.69) is 15.4 Å². The van der Waals surface area contributed by atoms with Crippen LogP contribution in [0, 0.1) is 13.8 Å². The lowest BCUT2D eigenvalue weighted by Crippen LogP contribution is -2.25. The number of hydrogen-bond donors (Lipinski definition) is 2. The third-order valence-electron chi connectivity index (χ3n) is 6.93. The summed E-state index contributed by atoms with van der Waals surface area (Å²) in [5.41, 5.74) is 3.66. The predicted molar refractivity (Wildman–Crippen MR) is 160 cm³/mol. The Morgan fingerprint density at radius 1 is 0.683 bits per heavy atom. The van der Waals surface area contributed by atoms with Gasteiger partial charge in [-0.05, 0) is 74.5 Å². The van der Waals surface area contributed by atoms with E-state index >= 15 is 0 Å². The van der Waals surface area contributed by atoms with Gasteiger partial charge in [0, 0.05) is 38.1 Å². The third-order valence-corrected chi connectivity index (χ3v) is 7.69. The molecule has 6 aromatic rings. The summed E-state index contributed by atoms with van der Waals surface area (Å²) in [6, 6.07) is 22.6. The Kier molecular flexibility index (Phi) is 6.99. The summed E-state index contributed by atoms with van der Waals surface area (Å²) >= 11 is 18.2. The number of benzene rings is 3. The summed E-state index contributed by atoms with van der Waals surface area (Å²) in [5, 5.41) is 12.2. The molecule has 0 fully saturated rings. The summed E-state index contributed by atoms with van der Waals surface area (Å²) in [7, 11) is 0. The lowest BCUT2D eigenvalue weighted by atomic mass is 9.89. The largest absolute Gasteiger partial charge is 0.360 e. The lowest BCUT2D eigenvalue weighted by molar-refractivity contribution is 0.381. The van der Waals surface area contributed by atoms with Gasteiger partial charge in [0.25, 0.3) is 11.1 Å². The molecule has 11 heteroatoms. The van der Waals surface area contributed by atoms with E-state index < -0.39 is 5.92 Å². The molecule has 0 aliphatic rings. The Morgan fingerprint density at radius 2 is 1.10 bits per heavy atom. The maximum absolute atomic E-state index is 14.0. The molecule has 0 aliphatic carbocycles. The van der Waals surface area contributed by atoms with Crippen LogP contribution in [-0.4, -0.2) is 24.7 Å². The molecule has 41 heavy (non-hydrogen) atoms. The number of H-pyrrole nitrogens is 2. The fourth-order valence-corrected chi connectivity index (χ4v) is 5.33. The Morgan fingerprint density at radius 3 is 1.54 bits per heavy atom. The summed E-state index contributed by atoms with van der Waals surface area (Å²) in [4.78, 5) is 28.0. The van der Waals surface area contributed by atoms with Gasteiger partial charge < -0.3 is 4.52 Å². The van der Waals surface area contributed by atoms with Crippen molar-refractivity contribution < 1.29 is 4.52 Å². The highest BCUT2D eigenvalue weighted by Crippen LogP contribution is 2.34. The van der Waals surface area contributed by atoms with Gasteiger partial charge in [-0.2, -0.15) is 0 Å². The molecule has 8 nitrogen and oxygen atoms in total. The highest BCUT2D eigenvalue weighted by atomic mass is 35.5. The fraction of sp³-hybridized carbons (Fsp3) is 0.100. The van der Waals surface area contributed by atoms with Crippen molar-refractivity contribution in [3.05, 3.63) is 143 Å². The van der Waals surface area contributed by atoms with E-state index in [9.17, 15) is 9.59 Å². The summed E-state index contributed by atoms with van der Waals surface area (Å²) in [6.45, 7) is 3.57. The fourth-order valence-electron chi connectivity index (χ4n) is 4.95. The molecule has 0 radical (unpaired) electrons. The van der Waals surface area contributed by atoms with Crippen LogP contribution in [-0.2, 0) is 0 Å². The van der Waals surface area contributed by atoms with Gasteiger partial charge in [-0.15, -0.1) is 0 Å². The van der Waals surface area contributed by atoms with Crippen LogP contribution in [0.25, 0.3) is 22.6 Å². The van der Waals surface area contributed by atoms with Crippen molar-refractivity contribution in [1.82, 2.24) is 24.7 Å². The van der Waals surface area contributed by atoms with Gasteiger partial charge in [-0.25, -0.2) is 9.36 Å². The van der Waals surface area contributed by atoms with E-state index in [0.717, 1.165) is 5.56 Å². The molecule has 3 aromatic heterocycles. The molecular formula is C30H22Cl3N5O3. The topological polar surface area (TPSA) is 102 Å². The average Bonchev–Trinajstić information content (AvgIpc) is 3.64. The highest BCUT2D eigenvalue weighted by Gasteiger charge is 2.34. The number of nitrogens with zero attached hydrogens (tertiary/aromatic N) is 3. The molecule has 0 bridgehead atoms. The molecule has 0 spiro atoms. The van der Waals surface area contributed by atoms with Gasteiger partial charge in [0.15, 0.2) is 0 Å². The second-order valence-electron chi connectivity index (χ2n) is 9.59. The summed E-state index contributed by atoms with van der Waals surface area (Å²) < 4.78 is 8.70. The second kappa shape index (κ2) is 10.6. The molecule has 0 saturated carbocycles. The minimum Gasteiger partial charge on any atom is -0.360 e. The Hall–Kier alpha value is -4.24. The number of rotatable bonds is 6. The van der Waals surface area contributed by atoms with Gasteiger partial charge in [0.2, 0.25) is 0 Å². The van der Waals surface area contributed by atoms with E-state index in [1.165, 1.54) is 9.36 Å². The minimum atomic E-state index is -0.877. The van der Waals surface area contributed by atoms with Crippen LogP contribution < -0.4 is 11.1 Å². The number of aryl methyl sites for hydroxylation is 2. The second-order valence-corrected chi connectivity index (χ2v) is 10.9. The number of nitrogens with one attached hydrogen (secondary N) is 2. The first-order valence-corrected chi connectivity index (χ1v) is 13.7. The predicted octanol–water partition coefficient (Wildman–Crippen LogP) is 7.06. The smallest absolute Gasteiger partial charge is 0.275 e. The monoisotopic (exact) mass is 605 g/mol. The van der Waals surface area contributed by atoms with Crippen LogP contribution in [0.1, 0.15) is 34.2 Å². The van der Waals surface area contributed by atoms with E-state index in [-0.39, 0.29) is 11.1 Å². The molecule has 0 unspecified atom stereocenters. The molecule has 2 N–H and O–H groups in total. The van der Waals surface area contributed by atoms with Crippen LogP contribution >= 0.6 is 34.8 Å². The molecule has 6 rings (SSSR count). The van der Waals surface area contributed by atoms with Gasteiger partial charge in [0.1, 0.15) is 11.5 Å². The van der Waals surface area contributed by atoms with Crippen LogP contribution in [0.3, 0.4) is 0 Å². The minimum absolute atomic E-state index is 0.333. The van der Waals surface area contributed by atoms with Crippen LogP contribution in [0.5, 0.6) is 0 Å². The van der Waals surface area contributed by atoms with Crippen molar-refractivity contribution in [2.45, 2.75) is 19.8 Å². The van der Waals surface area contributed by atoms with E-state index in [1.807, 2.05) is 12.1 Å². The molecular weight excluding hydrogens is 585 g/mol. The first-order chi connectivity index (χ1) is 19.7. The number of hydrogen-bond acceptors (Lipinski definition) is 4. The van der Waals surface area contributed by atoms with E-state index in [0.29, 0.717) is 60.4 Å². The molecule has 0 atom stereocenters. The van der Waals surface area contributed by atoms with Crippen molar-refractivity contribution in [3.8, 4) is 22.6 Å². The lowest BCUT2D eigenvalue weighted by Gasteiger charge is -2.11. The van der Waals surface area contributed by atoms with Gasteiger partial charge in [0.05, 0.1) is 28.4 Å². The number of aromatic nitrogens is 5. The van der Waals surface area contributed by atoms with Crippen molar-refractivity contribution in [1.29, 1.82) is 0 Å². The normalized spacial score (nSPS) is 11.5. The summed E-state index contributed by atoms with van der Waals surface area (Å²) in [6.07, 6.45) is 0. The number of halogens is 3. The molecule has 0 saturated heterocycles. The zero-order valence-electron chi connectivity index (χ0n) is 21.8. The van der Waals surface area contributed by atoms with Crippen molar-refractivity contribution in [2.75, 3.05) is 0 Å². The highest BCUT2D eigenvalue weighted by molar-refractivity contribution is 6.31. The van der Waals surface area contributed by atoms with Crippen LogP contribution in [0.15, 0.2) is 93.0 Å². The first-order valence-electron chi connectivity index (χ1n) is 12.6. The SMILES string of the molecule is Cc1[nH]n(-c2ccc(Cl)cc2)c(=O)c1C(c1cc(-c2ccc(Cl)cc2)no1)c1c(C)[nH]n(-c2ccc(Cl)cc2)c1=O. The van der Waals surface area contributed by atoms with Crippen LogP contribution in [0.4, 0.5) is 0 Å². The third kappa shape index (κ3) is 4.95. The maximum Gasteiger partial charge on any atom is 0.275 e. The Bertz CT molecular complexity index is 1880. The van der Waals surface area contributed by atoms with Crippen LogP contribution in [0.2, 0.25) is 15.1 Å². The Labute approximate surface area is 248 Å². The summed E-state index contributed by atoms with van der Waals surface area (Å²) in [5.74, 6) is -0.544. The molecule has 206 valence electrons.